The number of aryl methyl sites for hydroxylation is 1. The Morgan fingerprint density at radius 1 is 1.32 bits per heavy atom. The molecule has 0 aromatic heterocycles. The quantitative estimate of drug-likeness (QED) is 0.757. The normalized spacial score (nSPS) is 35.7. The Morgan fingerprint density at radius 3 is 2.95 bits per heavy atom. The van der Waals surface area contributed by atoms with Crippen LogP contribution >= 0.6 is 0 Å². The summed E-state index contributed by atoms with van der Waals surface area (Å²) >= 11 is 0. The van der Waals surface area contributed by atoms with E-state index in [-0.39, 0.29) is 5.41 Å². The number of ether oxygens (including phenoxy) is 1. The maximum atomic E-state index is 9.45. The van der Waals surface area contributed by atoms with Gasteiger partial charge in [-0.3, -0.25) is 0 Å². The van der Waals surface area contributed by atoms with E-state index in [4.69, 9.17) is 4.74 Å². The summed E-state index contributed by atoms with van der Waals surface area (Å²) in [6.07, 6.45) is 8.11. The van der Waals surface area contributed by atoms with E-state index < -0.39 is 0 Å². The van der Waals surface area contributed by atoms with Crippen LogP contribution in [0.5, 0.6) is 5.75 Å². The molecule has 1 saturated carbocycles. The molecule has 3 aliphatic carbocycles. The second-order valence-corrected chi connectivity index (χ2v) is 7.40. The van der Waals surface area contributed by atoms with Crippen LogP contribution in [0.1, 0.15) is 49.7 Å². The Bertz CT molecular complexity index is 683. The molecule has 4 rings (SSSR count). The number of hydrogen-bond acceptors (Lipinski definition) is 2. The molecule has 4 atom stereocenters. The van der Waals surface area contributed by atoms with E-state index in [1.807, 2.05) is 0 Å². The van der Waals surface area contributed by atoms with Crippen molar-refractivity contribution in [1.82, 2.24) is 0 Å². The van der Waals surface area contributed by atoms with Crippen LogP contribution in [-0.2, 0) is 6.42 Å². The van der Waals surface area contributed by atoms with Gasteiger partial charge in [-0.05, 0) is 73.1 Å². The number of nitrogens with zero attached hydrogens (tertiary/aromatic N) is 1. The average Bonchev–Trinajstić information content (AvgIpc) is 2.90. The van der Waals surface area contributed by atoms with Crippen molar-refractivity contribution < 1.29 is 4.74 Å². The van der Waals surface area contributed by atoms with Gasteiger partial charge in [-0.25, -0.2) is 0 Å². The third-order valence-corrected chi connectivity index (χ3v) is 6.63. The van der Waals surface area contributed by atoms with Gasteiger partial charge in [0.15, 0.2) is 0 Å². The van der Waals surface area contributed by atoms with Gasteiger partial charge in [-0.15, -0.1) is 0 Å². The minimum atomic E-state index is 0.139. The second kappa shape index (κ2) is 4.88. The Labute approximate surface area is 132 Å². The molecule has 0 radical (unpaired) electrons. The Hall–Kier alpha value is -1.75. The van der Waals surface area contributed by atoms with E-state index in [2.05, 4.69) is 37.3 Å². The van der Waals surface area contributed by atoms with E-state index in [0.717, 1.165) is 36.5 Å². The predicted molar refractivity (Wildman–Crippen MR) is 86.7 cm³/mol. The van der Waals surface area contributed by atoms with Gasteiger partial charge in [-0.2, -0.15) is 5.26 Å². The highest BCUT2D eigenvalue weighted by molar-refractivity contribution is 5.42. The van der Waals surface area contributed by atoms with Crippen LogP contribution < -0.4 is 4.74 Å². The lowest BCUT2D eigenvalue weighted by Gasteiger charge is -2.49. The molecule has 0 spiro atoms. The first-order valence-corrected chi connectivity index (χ1v) is 8.45. The van der Waals surface area contributed by atoms with Gasteiger partial charge in [0.25, 0.3) is 0 Å². The minimum Gasteiger partial charge on any atom is -0.497 e. The van der Waals surface area contributed by atoms with Crippen LogP contribution in [0.4, 0.5) is 0 Å². The van der Waals surface area contributed by atoms with Crippen molar-refractivity contribution in [3.05, 3.63) is 41.0 Å². The lowest BCUT2D eigenvalue weighted by molar-refractivity contribution is 0.0779. The van der Waals surface area contributed by atoms with E-state index >= 15 is 0 Å². The average molecular weight is 293 g/mol. The predicted octanol–water partition coefficient (Wildman–Crippen LogP) is 4.61. The first-order valence-electron chi connectivity index (χ1n) is 8.45. The molecule has 0 aliphatic heterocycles. The van der Waals surface area contributed by atoms with Crippen LogP contribution in [0.15, 0.2) is 29.8 Å². The number of benzene rings is 1. The summed E-state index contributed by atoms with van der Waals surface area (Å²) < 4.78 is 5.39. The molecule has 0 N–H and O–H groups in total. The minimum absolute atomic E-state index is 0.139. The monoisotopic (exact) mass is 293 g/mol. The molecule has 1 aromatic carbocycles. The molecule has 22 heavy (non-hydrogen) atoms. The number of fused-ring (bicyclic) bond motifs is 5. The summed E-state index contributed by atoms with van der Waals surface area (Å²) in [5, 5.41) is 9.45. The van der Waals surface area contributed by atoms with Crippen molar-refractivity contribution >= 4 is 0 Å². The standard InChI is InChI=1S/C20H23NO/c1-20-10-9-17-16-7-5-15(22-2)11-13(16)3-6-18(17)19(20)8-4-14(20)12-21/h4-5,7,11,17-19H,3,6,8-10H2,1-2H3/t17-,18-,19+,20-/m1/s1. The SMILES string of the molecule is COc1ccc2c(c1)CC[C@@H]1[C@@H]2CC[C@]2(C)C(C#N)=CC[C@@H]12. The summed E-state index contributed by atoms with van der Waals surface area (Å²) in [7, 11) is 1.74. The van der Waals surface area contributed by atoms with Crippen LogP contribution in [0.25, 0.3) is 0 Å². The fraction of sp³-hybridized carbons (Fsp3) is 0.550. The third kappa shape index (κ3) is 1.78. The molecule has 2 heteroatoms. The molecule has 0 bridgehead atoms. The summed E-state index contributed by atoms with van der Waals surface area (Å²) in [6, 6.07) is 9.11. The fourth-order valence-corrected chi connectivity index (χ4v) is 5.43. The lowest BCUT2D eigenvalue weighted by atomic mass is 9.54. The Kier molecular flexibility index (Phi) is 3.08. The van der Waals surface area contributed by atoms with Gasteiger partial charge in [0.2, 0.25) is 0 Å². The molecule has 0 saturated heterocycles. The summed E-state index contributed by atoms with van der Waals surface area (Å²) in [4.78, 5) is 0. The highest BCUT2D eigenvalue weighted by Crippen LogP contribution is 2.60. The highest BCUT2D eigenvalue weighted by atomic mass is 16.5. The molecular weight excluding hydrogens is 270 g/mol. The summed E-state index contributed by atoms with van der Waals surface area (Å²) in [6.45, 7) is 2.33. The molecule has 1 aromatic rings. The van der Waals surface area contributed by atoms with Crippen molar-refractivity contribution in [3.8, 4) is 11.8 Å². The topological polar surface area (TPSA) is 33.0 Å². The summed E-state index contributed by atoms with van der Waals surface area (Å²) in [5.74, 6) is 3.06. The molecule has 3 aliphatic rings. The van der Waals surface area contributed by atoms with Crippen molar-refractivity contribution in [2.24, 2.45) is 17.3 Å². The molecule has 2 nitrogen and oxygen atoms in total. The second-order valence-electron chi connectivity index (χ2n) is 7.40. The fourth-order valence-electron chi connectivity index (χ4n) is 5.43. The van der Waals surface area contributed by atoms with Crippen molar-refractivity contribution in [2.45, 2.75) is 44.9 Å². The number of hydrogen-bond donors (Lipinski definition) is 0. The largest absolute Gasteiger partial charge is 0.497 e. The molecule has 1 fully saturated rings. The van der Waals surface area contributed by atoms with Crippen LogP contribution in [0.2, 0.25) is 0 Å². The summed E-state index contributed by atoms with van der Waals surface area (Å²) in [5.41, 5.74) is 4.22. The van der Waals surface area contributed by atoms with Crippen molar-refractivity contribution in [3.63, 3.8) is 0 Å². The molecule has 0 amide bonds. The van der Waals surface area contributed by atoms with Gasteiger partial charge in [0, 0.05) is 11.0 Å². The Morgan fingerprint density at radius 2 is 2.18 bits per heavy atom. The zero-order valence-electron chi connectivity index (χ0n) is 13.4. The van der Waals surface area contributed by atoms with Crippen LogP contribution in [0.3, 0.4) is 0 Å². The molecule has 114 valence electrons. The number of rotatable bonds is 1. The van der Waals surface area contributed by atoms with Crippen LogP contribution in [0, 0.1) is 28.6 Å². The lowest BCUT2D eigenvalue weighted by Crippen LogP contribution is -2.41. The first-order chi connectivity index (χ1) is 10.7. The Balaban J connectivity index is 1.69. The zero-order chi connectivity index (χ0) is 15.3. The molecular formula is C20H23NO. The molecule has 0 heterocycles. The van der Waals surface area contributed by atoms with E-state index in [9.17, 15) is 5.26 Å². The third-order valence-electron chi connectivity index (χ3n) is 6.63. The van der Waals surface area contributed by atoms with E-state index in [0.29, 0.717) is 11.8 Å². The maximum Gasteiger partial charge on any atom is 0.119 e. The van der Waals surface area contributed by atoms with E-state index in [1.165, 1.54) is 18.4 Å². The van der Waals surface area contributed by atoms with Gasteiger partial charge < -0.3 is 4.74 Å². The van der Waals surface area contributed by atoms with Crippen molar-refractivity contribution in [2.75, 3.05) is 7.11 Å². The zero-order valence-corrected chi connectivity index (χ0v) is 13.4. The van der Waals surface area contributed by atoms with Gasteiger partial charge in [-0.1, -0.05) is 19.1 Å². The smallest absolute Gasteiger partial charge is 0.119 e. The van der Waals surface area contributed by atoms with Gasteiger partial charge in [0.05, 0.1) is 13.2 Å². The molecule has 0 unspecified atom stereocenters. The van der Waals surface area contributed by atoms with E-state index in [1.54, 1.807) is 12.7 Å². The van der Waals surface area contributed by atoms with Crippen molar-refractivity contribution in [1.29, 1.82) is 5.26 Å². The highest BCUT2D eigenvalue weighted by Gasteiger charge is 2.51. The maximum absolute atomic E-state index is 9.45. The number of nitriles is 1. The number of methoxy groups -OCH3 is 1. The van der Waals surface area contributed by atoms with Crippen LogP contribution in [-0.4, -0.2) is 7.11 Å². The van der Waals surface area contributed by atoms with Gasteiger partial charge >= 0.3 is 0 Å². The first kappa shape index (κ1) is 13.9. The van der Waals surface area contributed by atoms with Gasteiger partial charge in [0.1, 0.15) is 5.75 Å². The number of allylic oxidation sites excluding steroid dienone is 2.